The van der Waals surface area contributed by atoms with E-state index in [4.69, 9.17) is 9.47 Å². The van der Waals surface area contributed by atoms with Crippen LogP contribution in [0.15, 0.2) is 42.5 Å². The van der Waals surface area contributed by atoms with Crippen molar-refractivity contribution in [2.75, 3.05) is 26.3 Å². The summed E-state index contributed by atoms with van der Waals surface area (Å²) in [5, 5.41) is 9.57. The van der Waals surface area contributed by atoms with E-state index in [2.05, 4.69) is 0 Å². The van der Waals surface area contributed by atoms with Crippen LogP contribution in [0.1, 0.15) is 64.9 Å². The number of hydrogen-bond donors (Lipinski definition) is 1. The Kier molecular flexibility index (Phi) is 11.1. The molecule has 3 atom stereocenters. The van der Waals surface area contributed by atoms with Crippen LogP contribution in [0.3, 0.4) is 0 Å². The Morgan fingerprint density at radius 2 is 1.77 bits per heavy atom. The van der Waals surface area contributed by atoms with Crippen LogP contribution < -0.4 is 0 Å². The molecule has 3 rings (SSSR count). The Balaban J connectivity index is 1.76. The van der Waals surface area contributed by atoms with Gasteiger partial charge in [-0.25, -0.2) is 0 Å². The number of allylic oxidation sites excluding steroid dienone is 2. The molecule has 0 radical (unpaired) electrons. The van der Waals surface area contributed by atoms with E-state index in [-0.39, 0.29) is 56.9 Å². The lowest BCUT2D eigenvalue weighted by atomic mass is 9.95. The maximum absolute atomic E-state index is 13.6. The van der Waals surface area contributed by atoms with Crippen LogP contribution >= 0.6 is 0 Å². The van der Waals surface area contributed by atoms with Gasteiger partial charge in [0.15, 0.2) is 0 Å². The fraction of sp³-hybridized carbons (Fsp3) is 0.600. The normalized spacial score (nSPS) is 23.2. The molecule has 0 saturated carbocycles. The summed E-state index contributed by atoms with van der Waals surface area (Å²) >= 11 is 0. The quantitative estimate of drug-likeness (QED) is 0.396. The second-order valence-electron chi connectivity index (χ2n) is 11.3. The minimum absolute atomic E-state index is 0.0142. The number of carbonyl (C=O) groups excluding carboxylic acids is 4. The van der Waals surface area contributed by atoms with E-state index in [0.717, 1.165) is 12.0 Å². The molecular weight excluding hydrogens is 500 g/mol. The van der Waals surface area contributed by atoms with Gasteiger partial charge in [0.05, 0.1) is 30.9 Å². The van der Waals surface area contributed by atoms with Crippen molar-refractivity contribution in [3.8, 4) is 0 Å². The zero-order valence-corrected chi connectivity index (χ0v) is 23.3. The van der Waals surface area contributed by atoms with Gasteiger partial charge in [-0.2, -0.15) is 0 Å². The highest BCUT2D eigenvalue weighted by atomic mass is 16.6. The Hall–Kier alpha value is -3.20. The van der Waals surface area contributed by atoms with Gasteiger partial charge in [0.1, 0.15) is 12.2 Å². The van der Waals surface area contributed by atoms with Gasteiger partial charge in [0.2, 0.25) is 11.8 Å². The lowest BCUT2D eigenvalue weighted by Crippen LogP contribution is -2.44. The molecule has 9 nitrogen and oxygen atoms in total. The van der Waals surface area contributed by atoms with E-state index < -0.39 is 29.4 Å². The summed E-state index contributed by atoms with van der Waals surface area (Å²) in [6, 6.07) is 9.28. The number of esters is 2. The number of fused-ring (bicyclic) bond motifs is 1. The van der Waals surface area contributed by atoms with Crippen LogP contribution in [0.5, 0.6) is 0 Å². The average molecular weight is 543 g/mol. The van der Waals surface area contributed by atoms with Gasteiger partial charge in [-0.1, -0.05) is 42.5 Å². The number of benzene rings is 1. The van der Waals surface area contributed by atoms with Gasteiger partial charge < -0.3 is 24.4 Å². The molecule has 0 aromatic heterocycles. The molecule has 2 amide bonds. The number of hydrogen-bond acceptors (Lipinski definition) is 7. The van der Waals surface area contributed by atoms with Crippen LogP contribution in [-0.4, -0.2) is 76.6 Å². The zero-order chi connectivity index (χ0) is 28.4. The Labute approximate surface area is 231 Å². The number of nitrogens with zero attached hydrogens (tertiary/aromatic N) is 2. The molecule has 214 valence electrons. The summed E-state index contributed by atoms with van der Waals surface area (Å²) in [6.45, 7) is 6.29. The minimum Gasteiger partial charge on any atom is -0.463 e. The van der Waals surface area contributed by atoms with Crippen LogP contribution in [-0.2, 0) is 35.2 Å². The Morgan fingerprint density at radius 1 is 1.08 bits per heavy atom. The molecule has 1 N–H and O–H groups in total. The van der Waals surface area contributed by atoms with Crippen molar-refractivity contribution in [1.82, 2.24) is 9.80 Å². The summed E-state index contributed by atoms with van der Waals surface area (Å²) in [6.07, 6.45) is 5.61. The third kappa shape index (κ3) is 9.49. The molecule has 0 aliphatic carbocycles. The second-order valence-corrected chi connectivity index (χ2v) is 11.3. The molecule has 0 bridgehead atoms. The molecule has 1 saturated heterocycles. The molecule has 2 heterocycles. The number of carbonyl (C=O) groups is 4. The summed E-state index contributed by atoms with van der Waals surface area (Å²) in [4.78, 5) is 55.6. The molecule has 0 unspecified atom stereocenters. The van der Waals surface area contributed by atoms with E-state index in [1.807, 2.05) is 36.4 Å². The van der Waals surface area contributed by atoms with E-state index in [9.17, 15) is 24.3 Å². The molecule has 1 aromatic carbocycles. The first kappa shape index (κ1) is 30.3. The smallest absolute Gasteiger partial charge is 0.309 e. The first-order valence-corrected chi connectivity index (χ1v) is 13.8. The topological polar surface area (TPSA) is 113 Å². The highest BCUT2D eigenvalue weighted by molar-refractivity contribution is 5.86. The Bertz CT molecular complexity index is 1020. The van der Waals surface area contributed by atoms with Crippen molar-refractivity contribution in [1.29, 1.82) is 0 Å². The van der Waals surface area contributed by atoms with Gasteiger partial charge in [-0.3, -0.25) is 19.2 Å². The van der Waals surface area contributed by atoms with Crippen molar-refractivity contribution >= 4 is 23.8 Å². The van der Waals surface area contributed by atoms with E-state index in [1.54, 1.807) is 36.6 Å². The highest BCUT2D eigenvalue weighted by Crippen LogP contribution is 2.26. The van der Waals surface area contributed by atoms with E-state index in [0.29, 0.717) is 25.9 Å². The SMILES string of the molecule is CC(C)(C)OC(=O)C[C@H]1C/C=C\C[C@@H](CC(=O)N(CCO)Cc2ccccc2)C(=O)N2CCC[C@@H]2COC1=O. The van der Waals surface area contributed by atoms with Crippen molar-refractivity contribution in [2.45, 2.75) is 77.5 Å². The summed E-state index contributed by atoms with van der Waals surface area (Å²) in [7, 11) is 0. The van der Waals surface area contributed by atoms with E-state index >= 15 is 0 Å². The molecule has 39 heavy (non-hydrogen) atoms. The third-order valence-electron chi connectivity index (χ3n) is 6.96. The maximum Gasteiger partial charge on any atom is 0.309 e. The number of rotatable bonds is 8. The fourth-order valence-electron chi connectivity index (χ4n) is 5.03. The van der Waals surface area contributed by atoms with Gasteiger partial charge in [0, 0.05) is 26.1 Å². The maximum atomic E-state index is 13.6. The molecule has 2 aliphatic heterocycles. The summed E-state index contributed by atoms with van der Waals surface area (Å²) in [5.41, 5.74) is 0.290. The lowest BCUT2D eigenvalue weighted by molar-refractivity contribution is -0.162. The summed E-state index contributed by atoms with van der Waals surface area (Å²) < 4.78 is 11.0. The number of aliphatic hydroxyl groups is 1. The van der Waals surface area contributed by atoms with Crippen molar-refractivity contribution < 1.29 is 33.8 Å². The predicted molar refractivity (Wildman–Crippen MR) is 145 cm³/mol. The fourth-order valence-corrected chi connectivity index (χ4v) is 5.03. The van der Waals surface area contributed by atoms with Gasteiger partial charge in [-0.05, 0) is 52.0 Å². The van der Waals surface area contributed by atoms with Crippen molar-refractivity contribution in [2.24, 2.45) is 11.8 Å². The Morgan fingerprint density at radius 3 is 2.44 bits per heavy atom. The lowest BCUT2D eigenvalue weighted by Gasteiger charge is -2.30. The average Bonchev–Trinajstić information content (AvgIpc) is 3.35. The molecule has 0 spiro atoms. The first-order chi connectivity index (χ1) is 18.6. The van der Waals surface area contributed by atoms with Crippen molar-refractivity contribution in [3.63, 3.8) is 0 Å². The molecule has 9 heteroatoms. The largest absolute Gasteiger partial charge is 0.463 e. The van der Waals surface area contributed by atoms with E-state index in [1.165, 1.54) is 0 Å². The minimum atomic E-state index is -0.688. The van der Waals surface area contributed by atoms with Crippen LogP contribution in [0.2, 0.25) is 0 Å². The first-order valence-electron chi connectivity index (χ1n) is 13.8. The van der Waals surface area contributed by atoms with Gasteiger partial charge >= 0.3 is 11.9 Å². The van der Waals surface area contributed by atoms with Crippen molar-refractivity contribution in [3.05, 3.63) is 48.0 Å². The molecule has 1 fully saturated rings. The van der Waals surface area contributed by atoms with Crippen LogP contribution in [0, 0.1) is 11.8 Å². The highest BCUT2D eigenvalue weighted by Gasteiger charge is 2.36. The monoisotopic (exact) mass is 542 g/mol. The third-order valence-corrected chi connectivity index (χ3v) is 6.96. The standard InChI is InChI=1S/C30H42N2O7/c1-30(2,3)39-27(35)19-24-13-8-7-12-23(28(36)32-15-9-14-25(32)21-38-29(24)37)18-26(34)31(16-17-33)20-22-10-5-4-6-11-22/h4-8,10-11,23-25,33H,9,12-21H2,1-3H3/b8-7-/t23-,24+,25+/m0/s1. The molecule has 1 aromatic rings. The number of cyclic esters (lactones) is 1. The van der Waals surface area contributed by atoms with Gasteiger partial charge in [0.25, 0.3) is 0 Å². The van der Waals surface area contributed by atoms with Crippen LogP contribution in [0.4, 0.5) is 0 Å². The number of amides is 2. The molecule has 2 aliphatic rings. The predicted octanol–water partition coefficient (Wildman–Crippen LogP) is 3.25. The molecular formula is C30H42N2O7. The number of ether oxygens (including phenoxy) is 2. The van der Waals surface area contributed by atoms with Crippen LogP contribution in [0.25, 0.3) is 0 Å². The van der Waals surface area contributed by atoms with Gasteiger partial charge in [-0.15, -0.1) is 0 Å². The zero-order valence-electron chi connectivity index (χ0n) is 23.3. The summed E-state index contributed by atoms with van der Waals surface area (Å²) in [5.74, 6) is -2.53. The number of aliphatic hydroxyl groups excluding tert-OH is 1. The second kappa shape index (κ2) is 14.3.